The fourth-order valence-electron chi connectivity index (χ4n) is 6.25. The number of aryl methyl sites for hydroxylation is 1. The number of carbonyl (C=O) groups excluding carboxylic acids is 2. The Labute approximate surface area is 246 Å². The number of amides is 1. The van der Waals surface area contributed by atoms with E-state index in [9.17, 15) is 9.59 Å². The second-order valence-electron chi connectivity index (χ2n) is 12.8. The summed E-state index contributed by atoms with van der Waals surface area (Å²) in [5.74, 6) is 1.95. The maximum absolute atomic E-state index is 13.8. The molecule has 1 aromatic carbocycles. The molecule has 1 saturated carbocycles. The number of benzene rings is 1. The molecule has 1 aliphatic carbocycles. The Morgan fingerprint density at radius 2 is 1.88 bits per heavy atom. The summed E-state index contributed by atoms with van der Waals surface area (Å²) in [4.78, 5) is 38.0. The first-order valence-corrected chi connectivity index (χ1v) is 15.2. The highest BCUT2D eigenvalue weighted by atomic mass is 16.6. The summed E-state index contributed by atoms with van der Waals surface area (Å²) < 4.78 is 15.9. The van der Waals surface area contributed by atoms with Gasteiger partial charge in [0.25, 0.3) is 5.91 Å². The monoisotopic (exact) mass is 571 g/mol. The minimum Gasteiger partial charge on any atom is -0.494 e. The standard InChI is InChI=1S/C33H41N5O4/c1-6-37-29-25(35-31(37)26-17-23-10-7-13-34-30(23)38(26)20-21-11-12-21)16-24(18-27(29)41-5)32(40)36-14-8-9-22(19-36)15-28(39)42-33(2,3)4/h7,10,13,16-18,21-22H,6,8-9,11-12,14-15,19-20H2,1-5H3/t22-/m0/s1. The molecule has 1 amide bonds. The van der Waals surface area contributed by atoms with Gasteiger partial charge in [0.2, 0.25) is 0 Å². The first kappa shape index (κ1) is 28.2. The van der Waals surface area contributed by atoms with Crippen molar-refractivity contribution in [2.45, 2.75) is 78.5 Å². The number of likely N-dealkylation sites (tertiary alicyclic amines) is 1. The molecule has 0 N–H and O–H groups in total. The average molecular weight is 572 g/mol. The molecular formula is C33H41N5O4. The van der Waals surface area contributed by atoms with Gasteiger partial charge in [0, 0.05) is 43.3 Å². The molecule has 0 spiro atoms. The highest BCUT2D eigenvalue weighted by Gasteiger charge is 2.30. The molecule has 3 aromatic heterocycles. The van der Waals surface area contributed by atoms with E-state index in [-0.39, 0.29) is 17.8 Å². The lowest BCUT2D eigenvalue weighted by Gasteiger charge is -2.33. The molecule has 9 nitrogen and oxygen atoms in total. The third-order valence-electron chi connectivity index (χ3n) is 8.29. The van der Waals surface area contributed by atoms with Gasteiger partial charge in [-0.25, -0.2) is 9.97 Å². The minimum absolute atomic E-state index is 0.0660. The third-order valence-corrected chi connectivity index (χ3v) is 8.29. The Kier molecular flexibility index (Phi) is 7.45. The number of imidazole rings is 1. The van der Waals surface area contributed by atoms with Crippen molar-refractivity contribution in [3.05, 3.63) is 42.1 Å². The van der Waals surface area contributed by atoms with Crippen molar-refractivity contribution in [3.8, 4) is 17.3 Å². The number of piperidine rings is 1. The molecule has 6 rings (SSSR count). The number of pyridine rings is 1. The second kappa shape index (κ2) is 11.1. The van der Waals surface area contributed by atoms with Crippen LogP contribution in [-0.4, -0.2) is 61.7 Å². The molecule has 1 saturated heterocycles. The maximum Gasteiger partial charge on any atom is 0.306 e. The number of methoxy groups -OCH3 is 1. The maximum atomic E-state index is 13.8. The molecule has 4 aromatic rings. The van der Waals surface area contributed by atoms with Gasteiger partial charge in [-0.05, 0) is 95.5 Å². The largest absolute Gasteiger partial charge is 0.494 e. The zero-order valence-corrected chi connectivity index (χ0v) is 25.4. The van der Waals surface area contributed by atoms with E-state index in [0.29, 0.717) is 43.3 Å². The molecule has 42 heavy (non-hydrogen) atoms. The Hall–Kier alpha value is -3.88. The van der Waals surface area contributed by atoms with Crippen molar-refractivity contribution in [1.82, 2.24) is 24.0 Å². The first-order chi connectivity index (χ1) is 20.1. The predicted molar refractivity (Wildman–Crippen MR) is 162 cm³/mol. The van der Waals surface area contributed by atoms with Gasteiger partial charge < -0.3 is 23.5 Å². The number of esters is 1. The normalized spacial score (nSPS) is 17.6. The summed E-state index contributed by atoms with van der Waals surface area (Å²) in [6, 6.07) is 9.96. The van der Waals surface area contributed by atoms with E-state index in [1.54, 1.807) is 7.11 Å². The van der Waals surface area contributed by atoms with Crippen molar-refractivity contribution < 1.29 is 19.1 Å². The van der Waals surface area contributed by atoms with Crippen LogP contribution in [0.5, 0.6) is 5.75 Å². The summed E-state index contributed by atoms with van der Waals surface area (Å²) in [6.45, 7) is 10.5. The van der Waals surface area contributed by atoms with Gasteiger partial charge in [0.1, 0.15) is 22.5 Å². The molecule has 0 bridgehead atoms. The topological polar surface area (TPSA) is 91.5 Å². The van der Waals surface area contributed by atoms with Gasteiger partial charge in [0.05, 0.1) is 24.7 Å². The van der Waals surface area contributed by atoms with Crippen molar-refractivity contribution in [3.63, 3.8) is 0 Å². The van der Waals surface area contributed by atoms with Gasteiger partial charge in [-0.1, -0.05) is 0 Å². The lowest BCUT2D eigenvalue weighted by molar-refractivity contribution is -0.156. The zero-order chi connectivity index (χ0) is 29.6. The third kappa shape index (κ3) is 5.61. The van der Waals surface area contributed by atoms with Gasteiger partial charge >= 0.3 is 5.97 Å². The van der Waals surface area contributed by atoms with E-state index >= 15 is 0 Å². The lowest BCUT2D eigenvalue weighted by atomic mass is 9.94. The fraction of sp³-hybridized carbons (Fsp3) is 0.515. The number of ether oxygens (including phenoxy) is 2. The van der Waals surface area contributed by atoms with E-state index in [2.05, 4.69) is 28.2 Å². The summed E-state index contributed by atoms with van der Waals surface area (Å²) in [6.07, 6.45) is 6.40. The summed E-state index contributed by atoms with van der Waals surface area (Å²) in [5.41, 5.74) is 3.64. The van der Waals surface area contributed by atoms with Gasteiger partial charge in [-0.2, -0.15) is 0 Å². The number of hydrogen-bond acceptors (Lipinski definition) is 6. The first-order valence-electron chi connectivity index (χ1n) is 15.2. The SMILES string of the molecule is CCn1c(-c2cc3cccnc3n2CC2CC2)nc2cc(C(=O)N3CCC[C@@H](CC(=O)OC(C)(C)C)C3)cc(OC)c21. The molecule has 4 heterocycles. The quantitative estimate of drug-likeness (QED) is 0.238. The molecule has 222 valence electrons. The van der Waals surface area contributed by atoms with Crippen molar-refractivity contribution >= 4 is 33.9 Å². The average Bonchev–Trinajstić information content (AvgIpc) is 3.59. The Bertz CT molecular complexity index is 1640. The summed E-state index contributed by atoms with van der Waals surface area (Å²) >= 11 is 0. The number of aromatic nitrogens is 4. The van der Waals surface area contributed by atoms with Crippen LogP contribution in [0.4, 0.5) is 0 Å². The van der Waals surface area contributed by atoms with Crippen LogP contribution >= 0.6 is 0 Å². The number of carbonyl (C=O) groups is 2. The van der Waals surface area contributed by atoms with E-state index in [1.165, 1.54) is 12.8 Å². The fourth-order valence-corrected chi connectivity index (χ4v) is 6.25. The van der Waals surface area contributed by atoms with Crippen LogP contribution in [-0.2, 0) is 22.6 Å². The predicted octanol–water partition coefficient (Wildman–Crippen LogP) is 6.08. The summed E-state index contributed by atoms with van der Waals surface area (Å²) in [7, 11) is 1.64. The van der Waals surface area contributed by atoms with E-state index in [1.807, 2.05) is 50.1 Å². The molecule has 1 atom stereocenters. The number of rotatable bonds is 8. The molecule has 2 aliphatic rings. The van der Waals surface area contributed by atoms with E-state index in [4.69, 9.17) is 19.4 Å². The van der Waals surface area contributed by atoms with Crippen molar-refractivity contribution in [2.75, 3.05) is 20.2 Å². The highest BCUT2D eigenvalue weighted by molar-refractivity contribution is 6.00. The van der Waals surface area contributed by atoms with Crippen molar-refractivity contribution in [1.29, 1.82) is 0 Å². The van der Waals surface area contributed by atoms with Crippen LogP contribution in [0.3, 0.4) is 0 Å². The van der Waals surface area contributed by atoms with E-state index < -0.39 is 5.60 Å². The number of fused-ring (bicyclic) bond motifs is 2. The molecule has 0 unspecified atom stereocenters. The molecule has 9 heteroatoms. The molecule has 2 fully saturated rings. The second-order valence-corrected chi connectivity index (χ2v) is 12.8. The summed E-state index contributed by atoms with van der Waals surface area (Å²) in [5, 5.41) is 1.09. The number of nitrogens with zero attached hydrogens (tertiary/aromatic N) is 5. The molecule has 1 aliphatic heterocycles. The smallest absolute Gasteiger partial charge is 0.306 e. The lowest BCUT2D eigenvalue weighted by Crippen LogP contribution is -2.41. The zero-order valence-electron chi connectivity index (χ0n) is 25.4. The van der Waals surface area contributed by atoms with Crippen LogP contribution in [0.2, 0.25) is 0 Å². The van der Waals surface area contributed by atoms with Crippen molar-refractivity contribution in [2.24, 2.45) is 11.8 Å². The molecular weight excluding hydrogens is 530 g/mol. The van der Waals surface area contributed by atoms with Crippen LogP contribution in [0.1, 0.15) is 70.2 Å². The van der Waals surface area contributed by atoms with Crippen LogP contribution in [0, 0.1) is 11.8 Å². The van der Waals surface area contributed by atoms with Crippen LogP contribution < -0.4 is 4.74 Å². The van der Waals surface area contributed by atoms with Gasteiger partial charge in [0.15, 0.2) is 5.82 Å². The minimum atomic E-state index is -0.517. The Morgan fingerprint density at radius 3 is 2.60 bits per heavy atom. The van der Waals surface area contributed by atoms with Crippen LogP contribution in [0.15, 0.2) is 36.5 Å². The van der Waals surface area contributed by atoms with E-state index in [0.717, 1.165) is 53.0 Å². The van der Waals surface area contributed by atoms with Gasteiger partial charge in [-0.3, -0.25) is 9.59 Å². The molecule has 0 radical (unpaired) electrons. The van der Waals surface area contributed by atoms with Crippen LogP contribution in [0.25, 0.3) is 33.6 Å². The highest BCUT2D eigenvalue weighted by Crippen LogP contribution is 2.38. The Morgan fingerprint density at radius 1 is 1.07 bits per heavy atom. The number of hydrogen-bond donors (Lipinski definition) is 0. The van der Waals surface area contributed by atoms with Gasteiger partial charge in [-0.15, -0.1) is 0 Å². The Balaban J connectivity index is 1.34.